The van der Waals surface area contributed by atoms with E-state index in [1.54, 1.807) is 17.5 Å². The van der Waals surface area contributed by atoms with Crippen molar-refractivity contribution in [2.45, 2.75) is 20.4 Å². The van der Waals surface area contributed by atoms with Crippen LogP contribution >= 0.6 is 11.3 Å². The van der Waals surface area contributed by atoms with Gasteiger partial charge >= 0.3 is 0 Å². The summed E-state index contributed by atoms with van der Waals surface area (Å²) in [5, 5.41) is 5.97. The summed E-state index contributed by atoms with van der Waals surface area (Å²) in [7, 11) is 0. The Morgan fingerprint density at radius 1 is 1.71 bits per heavy atom. The maximum Gasteiger partial charge on any atom is 0.189 e. The highest BCUT2D eigenvalue weighted by Crippen LogP contribution is 2.04. The van der Waals surface area contributed by atoms with E-state index in [9.17, 15) is 0 Å². The van der Waals surface area contributed by atoms with Crippen molar-refractivity contribution < 1.29 is 0 Å². The third-order valence-electron chi connectivity index (χ3n) is 1.56. The molecule has 0 aliphatic heterocycles. The standard InChI is InChI=1S/C9H16N4S/c1-7(2)5-12-9(10)13-6-8-11-3-4-14-8/h3-4,7H,5-6H2,1-2H3,(H3,10,12,13). The maximum atomic E-state index is 5.65. The van der Waals surface area contributed by atoms with Gasteiger partial charge in [-0.2, -0.15) is 0 Å². The Kier molecular flexibility index (Phi) is 4.39. The van der Waals surface area contributed by atoms with Crippen molar-refractivity contribution in [3.05, 3.63) is 16.6 Å². The number of nitrogens with one attached hydrogen (secondary N) is 1. The molecule has 0 aromatic carbocycles. The lowest BCUT2D eigenvalue weighted by atomic mass is 10.2. The van der Waals surface area contributed by atoms with Crippen LogP contribution in [0.5, 0.6) is 0 Å². The number of aromatic nitrogens is 1. The van der Waals surface area contributed by atoms with Gasteiger partial charge in [0.15, 0.2) is 5.96 Å². The molecule has 1 rings (SSSR count). The molecule has 3 N–H and O–H groups in total. The number of nitrogens with zero attached hydrogens (tertiary/aromatic N) is 2. The number of guanidine groups is 1. The lowest BCUT2D eigenvalue weighted by molar-refractivity contribution is 0.622. The van der Waals surface area contributed by atoms with Crippen molar-refractivity contribution in [3.8, 4) is 0 Å². The van der Waals surface area contributed by atoms with E-state index in [0.717, 1.165) is 11.6 Å². The maximum absolute atomic E-state index is 5.65. The Labute approximate surface area is 88.3 Å². The van der Waals surface area contributed by atoms with Crippen molar-refractivity contribution in [2.24, 2.45) is 16.6 Å². The highest BCUT2D eigenvalue weighted by atomic mass is 32.1. The minimum atomic E-state index is 0.494. The van der Waals surface area contributed by atoms with Gasteiger partial charge in [-0.15, -0.1) is 11.3 Å². The molecule has 0 radical (unpaired) electrons. The Balaban J connectivity index is 2.30. The molecule has 1 aromatic rings. The largest absolute Gasteiger partial charge is 0.370 e. The van der Waals surface area contributed by atoms with Crippen molar-refractivity contribution in [1.82, 2.24) is 10.3 Å². The lowest BCUT2D eigenvalue weighted by Crippen LogP contribution is -2.34. The van der Waals surface area contributed by atoms with Crippen LogP contribution in [0.2, 0.25) is 0 Å². The van der Waals surface area contributed by atoms with Gasteiger partial charge in [0.05, 0.1) is 6.54 Å². The van der Waals surface area contributed by atoms with E-state index in [2.05, 4.69) is 29.1 Å². The summed E-state index contributed by atoms with van der Waals surface area (Å²) in [4.78, 5) is 8.28. The van der Waals surface area contributed by atoms with Crippen molar-refractivity contribution in [3.63, 3.8) is 0 Å². The van der Waals surface area contributed by atoms with Crippen LogP contribution < -0.4 is 11.1 Å². The molecule has 0 unspecified atom stereocenters. The van der Waals surface area contributed by atoms with E-state index in [-0.39, 0.29) is 0 Å². The van der Waals surface area contributed by atoms with Crippen LogP contribution in [0.4, 0.5) is 0 Å². The molecule has 0 aliphatic carbocycles. The monoisotopic (exact) mass is 212 g/mol. The molecule has 0 spiro atoms. The summed E-state index contributed by atoms with van der Waals surface area (Å²) in [6, 6.07) is 0. The zero-order valence-electron chi connectivity index (χ0n) is 8.53. The van der Waals surface area contributed by atoms with E-state index in [1.807, 2.05) is 5.38 Å². The number of aliphatic imine (C=N–C) groups is 1. The first-order valence-corrected chi connectivity index (χ1v) is 5.48. The van der Waals surface area contributed by atoms with Crippen molar-refractivity contribution >= 4 is 17.3 Å². The number of hydrogen-bond donors (Lipinski definition) is 2. The van der Waals surface area contributed by atoms with Gasteiger partial charge < -0.3 is 11.1 Å². The normalized spacial score (nSPS) is 12.1. The van der Waals surface area contributed by atoms with Gasteiger partial charge in [0.1, 0.15) is 5.01 Å². The summed E-state index contributed by atoms with van der Waals surface area (Å²) in [6.07, 6.45) is 1.77. The first kappa shape index (κ1) is 11.0. The predicted octanol–water partition coefficient (Wildman–Crippen LogP) is 1.20. The summed E-state index contributed by atoms with van der Waals surface area (Å²) in [5.41, 5.74) is 5.65. The second kappa shape index (κ2) is 5.59. The molecular formula is C9H16N4S. The molecule has 0 bridgehead atoms. The fourth-order valence-electron chi connectivity index (χ4n) is 0.848. The van der Waals surface area contributed by atoms with Crippen LogP contribution in [0.15, 0.2) is 16.6 Å². The molecule has 78 valence electrons. The molecule has 5 heteroatoms. The first-order chi connectivity index (χ1) is 6.68. The average molecular weight is 212 g/mol. The van der Waals surface area contributed by atoms with E-state index in [4.69, 9.17) is 5.73 Å². The Bertz CT molecular complexity index is 279. The number of nitrogens with two attached hydrogens (primary N) is 1. The van der Waals surface area contributed by atoms with Crippen molar-refractivity contribution in [1.29, 1.82) is 0 Å². The third-order valence-corrected chi connectivity index (χ3v) is 2.32. The summed E-state index contributed by atoms with van der Waals surface area (Å²) >= 11 is 1.59. The van der Waals surface area contributed by atoms with Crippen LogP contribution in [0, 0.1) is 5.92 Å². The van der Waals surface area contributed by atoms with Crippen LogP contribution in [-0.4, -0.2) is 17.5 Å². The Morgan fingerprint density at radius 3 is 3.07 bits per heavy atom. The Morgan fingerprint density at radius 2 is 2.50 bits per heavy atom. The fourth-order valence-corrected chi connectivity index (χ4v) is 1.39. The molecule has 0 fully saturated rings. The SMILES string of the molecule is CC(C)CNC(N)=NCc1nccs1. The lowest BCUT2D eigenvalue weighted by Gasteiger charge is -2.07. The minimum absolute atomic E-state index is 0.494. The van der Waals surface area contributed by atoms with E-state index < -0.39 is 0 Å². The van der Waals surface area contributed by atoms with E-state index in [1.165, 1.54) is 0 Å². The topological polar surface area (TPSA) is 63.3 Å². The molecule has 0 saturated carbocycles. The average Bonchev–Trinajstić information content (AvgIpc) is 2.63. The second-order valence-corrected chi connectivity index (χ2v) is 4.38. The van der Waals surface area contributed by atoms with E-state index in [0.29, 0.717) is 18.4 Å². The van der Waals surface area contributed by atoms with Crippen LogP contribution in [0.25, 0.3) is 0 Å². The van der Waals surface area contributed by atoms with E-state index >= 15 is 0 Å². The van der Waals surface area contributed by atoms with Crippen LogP contribution in [0.3, 0.4) is 0 Å². The molecule has 0 aliphatic rings. The third kappa shape index (κ3) is 4.23. The zero-order valence-corrected chi connectivity index (χ0v) is 9.34. The van der Waals surface area contributed by atoms with Gasteiger partial charge in [0.2, 0.25) is 0 Å². The summed E-state index contributed by atoms with van der Waals surface area (Å²) in [6.45, 7) is 5.67. The molecule has 14 heavy (non-hydrogen) atoms. The molecular weight excluding hydrogens is 196 g/mol. The predicted molar refractivity (Wildman–Crippen MR) is 60.3 cm³/mol. The van der Waals surface area contributed by atoms with Crippen LogP contribution in [-0.2, 0) is 6.54 Å². The highest BCUT2D eigenvalue weighted by Gasteiger charge is 1.96. The van der Waals surface area contributed by atoms with Gasteiger partial charge in [0, 0.05) is 18.1 Å². The highest BCUT2D eigenvalue weighted by molar-refractivity contribution is 7.09. The van der Waals surface area contributed by atoms with Gasteiger partial charge in [-0.1, -0.05) is 13.8 Å². The molecule has 0 amide bonds. The number of thiazole rings is 1. The van der Waals surface area contributed by atoms with Crippen LogP contribution in [0.1, 0.15) is 18.9 Å². The first-order valence-electron chi connectivity index (χ1n) is 4.60. The fraction of sp³-hybridized carbons (Fsp3) is 0.556. The second-order valence-electron chi connectivity index (χ2n) is 3.40. The zero-order chi connectivity index (χ0) is 10.4. The minimum Gasteiger partial charge on any atom is -0.370 e. The quantitative estimate of drug-likeness (QED) is 0.582. The smallest absolute Gasteiger partial charge is 0.189 e. The number of rotatable bonds is 4. The summed E-state index contributed by atoms with van der Waals surface area (Å²) < 4.78 is 0. The van der Waals surface area contributed by atoms with Gasteiger partial charge in [-0.3, -0.25) is 0 Å². The Hall–Kier alpha value is -1.10. The molecule has 4 nitrogen and oxygen atoms in total. The summed E-state index contributed by atoms with van der Waals surface area (Å²) in [5.74, 6) is 1.07. The van der Waals surface area contributed by atoms with Gasteiger partial charge in [-0.25, -0.2) is 9.98 Å². The van der Waals surface area contributed by atoms with Gasteiger partial charge in [-0.05, 0) is 5.92 Å². The molecule has 0 saturated heterocycles. The number of hydrogen-bond acceptors (Lipinski definition) is 3. The van der Waals surface area contributed by atoms with Crippen molar-refractivity contribution in [2.75, 3.05) is 6.54 Å². The molecule has 1 aromatic heterocycles. The van der Waals surface area contributed by atoms with Gasteiger partial charge in [0.25, 0.3) is 0 Å². The molecule has 1 heterocycles. The molecule has 0 atom stereocenters.